The lowest BCUT2D eigenvalue weighted by Crippen LogP contribution is -2.50. The number of rotatable bonds is 4. The van der Waals surface area contributed by atoms with Crippen molar-refractivity contribution >= 4 is 11.8 Å². The summed E-state index contributed by atoms with van der Waals surface area (Å²) in [4.78, 5) is 27.4. The molecule has 2 heterocycles. The molecular formula is C22H28N2O3. The normalized spacial score (nSPS) is 36.0. The van der Waals surface area contributed by atoms with Crippen molar-refractivity contribution < 1.29 is 14.3 Å². The molecule has 1 saturated carbocycles. The first-order chi connectivity index (χ1) is 13.0. The zero-order valence-corrected chi connectivity index (χ0v) is 16.2. The molecule has 4 aliphatic rings. The van der Waals surface area contributed by atoms with Gasteiger partial charge in [-0.1, -0.05) is 19.9 Å². The largest absolute Gasteiger partial charge is 0.369 e. The molecule has 0 radical (unpaired) electrons. The van der Waals surface area contributed by atoms with Crippen molar-refractivity contribution in [3.05, 3.63) is 34.9 Å². The van der Waals surface area contributed by atoms with E-state index >= 15 is 0 Å². The summed E-state index contributed by atoms with van der Waals surface area (Å²) in [5, 5.41) is 3.10. The molecule has 2 aliphatic heterocycles. The summed E-state index contributed by atoms with van der Waals surface area (Å²) in [6.45, 7) is 5.91. The average molecular weight is 368 g/mol. The highest BCUT2D eigenvalue weighted by Crippen LogP contribution is 2.45. The SMILES string of the molecule is C[C@H]1C(C(=O)NCC23CC(CO2)N(C(=O)c2ccc4c(c2)CCC4)C3)[C@@H]1C. The Hall–Kier alpha value is -1.88. The predicted molar refractivity (Wildman–Crippen MR) is 101 cm³/mol. The van der Waals surface area contributed by atoms with Gasteiger partial charge in [0.25, 0.3) is 5.91 Å². The predicted octanol–water partition coefficient (Wildman–Crippen LogP) is 2.18. The second kappa shape index (κ2) is 6.06. The minimum Gasteiger partial charge on any atom is -0.369 e. The van der Waals surface area contributed by atoms with E-state index in [2.05, 4.69) is 31.3 Å². The molecule has 5 rings (SSSR count). The number of nitrogens with zero attached hydrogens (tertiary/aromatic N) is 1. The fourth-order valence-electron chi connectivity index (χ4n) is 5.36. The molecule has 2 aliphatic carbocycles. The van der Waals surface area contributed by atoms with Gasteiger partial charge in [0.2, 0.25) is 5.91 Å². The van der Waals surface area contributed by atoms with E-state index in [1.54, 1.807) is 0 Å². The third kappa shape index (κ3) is 2.78. The Bertz CT molecular complexity index is 799. The molecule has 2 amide bonds. The van der Waals surface area contributed by atoms with Crippen molar-refractivity contribution in [3.8, 4) is 0 Å². The van der Waals surface area contributed by atoms with Crippen LogP contribution in [0, 0.1) is 17.8 Å². The molecule has 3 fully saturated rings. The van der Waals surface area contributed by atoms with E-state index in [1.165, 1.54) is 17.5 Å². The summed E-state index contributed by atoms with van der Waals surface area (Å²) in [5.74, 6) is 1.34. The number of morpholine rings is 1. The molecule has 2 unspecified atom stereocenters. The number of aryl methyl sites for hydroxylation is 2. The summed E-state index contributed by atoms with van der Waals surface area (Å²) < 4.78 is 6.03. The number of likely N-dealkylation sites (tertiary alicyclic amines) is 1. The van der Waals surface area contributed by atoms with Gasteiger partial charge in [-0.05, 0) is 54.4 Å². The number of carbonyl (C=O) groups is 2. The van der Waals surface area contributed by atoms with Crippen molar-refractivity contribution in [3.63, 3.8) is 0 Å². The fourth-order valence-corrected chi connectivity index (χ4v) is 5.36. The molecule has 0 aromatic heterocycles. The highest BCUT2D eigenvalue weighted by molar-refractivity contribution is 5.95. The van der Waals surface area contributed by atoms with Crippen molar-refractivity contribution in [2.24, 2.45) is 17.8 Å². The van der Waals surface area contributed by atoms with E-state index in [1.807, 2.05) is 11.0 Å². The van der Waals surface area contributed by atoms with Crippen LogP contribution >= 0.6 is 0 Å². The van der Waals surface area contributed by atoms with Crippen molar-refractivity contribution in [1.29, 1.82) is 0 Å². The molecule has 144 valence electrons. The molecule has 2 bridgehead atoms. The lowest BCUT2D eigenvalue weighted by molar-refractivity contribution is -0.124. The second-order valence-electron chi connectivity index (χ2n) is 9.08. The van der Waals surface area contributed by atoms with Gasteiger partial charge in [-0.15, -0.1) is 0 Å². The number of ether oxygens (including phenoxy) is 1. The van der Waals surface area contributed by atoms with Crippen LogP contribution in [0.1, 0.15) is 48.2 Å². The van der Waals surface area contributed by atoms with E-state index < -0.39 is 5.60 Å². The number of hydrogen-bond acceptors (Lipinski definition) is 3. The number of hydrogen-bond donors (Lipinski definition) is 1. The zero-order valence-electron chi connectivity index (χ0n) is 16.2. The molecule has 1 aromatic carbocycles. The number of benzene rings is 1. The Morgan fingerprint density at radius 3 is 2.78 bits per heavy atom. The third-order valence-electron chi connectivity index (χ3n) is 7.40. The van der Waals surface area contributed by atoms with Crippen molar-refractivity contribution in [2.45, 2.75) is 51.2 Å². The number of amides is 2. The zero-order chi connectivity index (χ0) is 18.8. The van der Waals surface area contributed by atoms with Gasteiger partial charge in [0.1, 0.15) is 5.60 Å². The van der Waals surface area contributed by atoms with E-state index in [0.29, 0.717) is 31.5 Å². The molecule has 5 heteroatoms. The molecule has 27 heavy (non-hydrogen) atoms. The topological polar surface area (TPSA) is 58.6 Å². The van der Waals surface area contributed by atoms with Crippen molar-refractivity contribution in [2.75, 3.05) is 19.7 Å². The second-order valence-corrected chi connectivity index (χ2v) is 9.08. The Balaban J connectivity index is 1.25. The molecule has 1 N–H and O–H groups in total. The van der Waals surface area contributed by atoms with Crippen LogP contribution in [0.3, 0.4) is 0 Å². The van der Waals surface area contributed by atoms with Gasteiger partial charge in [-0.3, -0.25) is 9.59 Å². The van der Waals surface area contributed by atoms with E-state index in [0.717, 1.165) is 24.8 Å². The van der Waals surface area contributed by atoms with Crippen LogP contribution in [0.5, 0.6) is 0 Å². The number of nitrogens with one attached hydrogen (secondary N) is 1. The van der Waals surface area contributed by atoms with Gasteiger partial charge in [-0.2, -0.15) is 0 Å². The Morgan fingerprint density at radius 1 is 1.22 bits per heavy atom. The van der Waals surface area contributed by atoms with Gasteiger partial charge in [-0.25, -0.2) is 0 Å². The maximum absolute atomic E-state index is 13.1. The van der Waals surface area contributed by atoms with Gasteiger partial charge in [0, 0.05) is 24.4 Å². The van der Waals surface area contributed by atoms with Gasteiger partial charge in [0.05, 0.1) is 19.2 Å². The van der Waals surface area contributed by atoms with Crippen LogP contribution in [0.4, 0.5) is 0 Å². The molecular weight excluding hydrogens is 340 g/mol. The Labute approximate surface area is 160 Å². The summed E-state index contributed by atoms with van der Waals surface area (Å²) in [6.07, 6.45) is 4.22. The van der Waals surface area contributed by atoms with Gasteiger partial charge < -0.3 is 15.0 Å². The molecule has 5 nitrogen and oxygen atoms in total. The van der Waals surface area contributed by atoms with Crippen LogP contribution in [0.2, 0.25) is 0 Å². The maximum Gasteiger partial charge on any atom is 0.254 e. The lowest BCUT2D eigenvalue weighted by Gasteiger charge is -2.33. The smallest absolute Gasteiger partial charge is 0.254 e. The Kier molecular flexibility index (Phi) is 3.87. The minimum atomic E-state index is -0.409. The minimum absolute atomic E-state index is 0.107. The van der Waals surface area contributed by atoms with E-state index in [9.17, 15) is 9.59 Å². The monoisotopic (exact) mass is 368 g/mol. The quantitative estimate of drug-likeness (QED) is 0.886. The number of fused-ring (bicyclic) bond motifs is 3. The van der Waals surface area contributed by atoms with Gasteiger partial charge >= 0.3 is 0 Å². The first-order valence-electron chi connectivity index (χ1n) is 10.3. The summed E-state index contributed by atoms with van der Waals surface area (Å²) in [6, 6.07) is 6.31. The van der Waals surface area contributed by atoms with Crippen molar-refractivity contribution in [1.82, 2.24) is 10.2 Å². The summed E-state index contributed by atoms with van der Waals surface area (Å²) in [5.41, 5.74) is 3.10. The first kappa shape index (κ1) is 17.2. The molecule has 0 spiro atoms. The summed E-state index contributed by atoms with van der Waals surface area (Å²) in [7, 11) is 0. The highest BCUT2D eigenvalue weighted by Gasteiger charge is 2.54. The van der Waals surface area contributed by atoms with Gasteiger partial charge in [0.15, 0.2) is 0 Å². The van der Waals surface area contributed by atoms with E-state index in [4.69, 9.17) is 4.74 Å². The number of carbonyl (C=O) groups excluding carboxylic acids is 2. The first-order valence-corrected chi connectivity index (χ1v) is 10.3. The highest BCUT2D eigenvalue weighted by atomic mass is 16.5. The Morgan fingerprint density at radius 2 is 2.00 bits per heavy atom. The average Bonchev–Trinajstić information content (AvgIpc) is 3.15. The van der Waals surface area contributed by atoms with E-state index in [-0.39, 0.29) is 23.8 Å². The lowest BCUT2D eigenvalue weighted by atomic mass is 10.0. The third-order valence-corrected chi connectivity index (χ3v) is 7.40. The molecule has 4 atom stereocenters. The molecule has 2 saturated heterocycles. The molecule has 1 aromatic rings. The van der Waals surface area contributed by atoms with Crippen LogP contribution in [-0.4, -0.2) is 48.1 Å². The van der Waals surface area contributed by atoms with Crippen LogP contribution in [-0.2, 0) is 22.4 Å². The fraction of sp³-hybridized carbons (Fsp3) is 0.636. The van der Waals surface area contributed by atoms with Crippen LogP contribution < -0.4 is 5.32 Å². The summed E-state index contributed by atoms with van der Waals surface area (Å²) >= 11 is 0. The standard InChI is InChI=1S/C22H28N2O3/c1-13-14(2)19(13)20(25)23-11-22-9-18(10-27-22)24(12-22)21(26)17-7-6-15-4-3-5-16(15)8-17/h6-8,13-14,18-19H,3-5,9-12H2,1-2H3,(H,23,25)/t13-,14-,18?,22?/m1/s1. The van der Waals surface area contributed by atoms with Crippen LogP contribution in [0.15, 0.2) is 18.2 Å². The van der Waals surface area contributed by atoms with Crippen LogP contribution in [0.25, 0.3) is 0 Å². The maximum atomic E-state index is 13.1.